The SMILES string of the molecule is CCNCc1cc(F)cnc1N(CC1CC1)C1CC1. The molecule has 0 spiro atoms. The van der Waals surface area contributed by atoms with Gasteiger partial charge in [0.1, 0.15) is 11.6 Å². The second-order valence-electron chi connectivity index (χ2n) is 5.74. The van der Waals surface area contributed by atoms with Crippen LogP contribution in [-0.4, -0.2) is 24.1 Å². The number of nitrogens with zero attached hydrogens (tertiary/aromatic N) is 2. The zero-order valence-corrected chi connectivity index (χ0v) is 11.5. The van der Waals surface area contributed by atoms with Crippen LogP contribution >= 0.6 is 0 Å². The summed E-state index contributed by atoms with van der Waals surface area (Å²) in [6.07, 6.45) is 6.55. The summed E-state index contributed by atoms with van der Waals surface area (Å²) in [4.78, 5) is 6.80. The third kappa shape index (κ3) is 3.24. The highest BCUT2D eigenvalue weighted by Crippen LogP contribution is 2.38. The average Bonchev–Trinajstić information content (AvgIpc) is 3.27. The van der Waals surface area contributed by atoms with Gasteiger partial charge in [-0.15, -0.1) is 0 Å². The van der Waals surface area contributed by atoms with Gasteiger partial charge in [-0.2, -0.15) is 0 Å². The van der Waals surface area contributed by atoms with E-state index in [-0.39, 0.29) is 5.82 Å². The third-order valence-corrected chi connectivity index (χ3v) is 3.89. The normalized spacial score (nSPS) is 18.6. The number of pyridine rings is 1. The molecule has 0 radical (unpaired) electrons. The number of aromatic nitrogens is 1. The lowest BCUT2D eigenvalue weighted by Gasteiger charge is -2.26. The Bertz CT molecular complexity index is 441. The van der Waals surface area contributed by atoms with Crippen molar-refractivity contribution in [1.29, 1.82) is 0 Å². The predicted molar refractivity (Wildman–Crippen MR) is 74.7 cm³/mol. The summed E-state index contributed by atoms with van der Waals surface area (Å²) in [6.45, 7) is 4.75. The van der Waals surface area contributed by atoms with Gasteiger partial charge in [0, 0.05) is 24.7 Å². The van der Waals surface area contributed by atoms with Crippen molar-refractivity contribution in [3.63, 3.8) is 0 Å². The average molecular weight is 263 g/mol. The Morgan fingerprint density at radius 1 is 1.37 bits per heavy atom. The first-order valence-electron chi connectivity index (χ1n) is 7.39. The molecule has 2 aliphatic carbocycles. The second kappa shape index (κ2) is 5.45. The van der Waals surface area contributed by atoms with Gasteiger partial charge in [-0.1, -0.05) is 6.92 Å². The number of anilines is 1. The maximum Gasteiger partial charge on any atom is 0.141 e. The van der Waals surface area contributed by atoms with Crippen LogP contribution in [0.5, 0.6) is 0 Å². The fourth-order valence-corrected chi connectivity index (χ4v) is 2.50. The Morgan fingerprint density at radius 2 is 2.16 bits per heavy atom. The minimum atomic E-state index is -0.237. The largest absolute Gasteiger partial charge is 0.353 e. The molecule has 2 aliphatic rings. The molecule has 3 rings (SSSR count). The molecule has 1 aromatic heterocycles. The molecule has 0 aromatic carbocycles. The van der Waals surface area contributed by atoms with Crippen LogP contribution < -0.4 is 10.2 Å². The Labute approximate surface area is 114 Å². The van der Waals surface area contributed by atoms with Gasteiger partial charge in [-0.3, -0.25) is 0 Å². The minimum absolute atomic E-state index is 0.237. The van der Waals surface area contributed by atoms with E-state index in [4.69, 9.17) is 0 Å². The van der Waals surface area contributed by atoms with Gasteiger partial charge in [0.15, 0.2) is 0 Å². The molecule has 2 saturated carbocycles. The van der Waals surface area contributed by atoms with Crippen molar-refractivity contribution in [2.24, 2.45) is 5.92 Å². The zero-order chi connectivity index (χ0) is 13.2. The number of rotatable bonds is 7. The van der Waals surface area contributed by atoms with E-state index < -0.39 is 0 Å². The smallest absolute Gasteiger partial charge is 0.141 e. The third-order valence-electron chi connectivity index (χ3n) is 3.89. The van der Waals surface area contributed by atoms with Crippen LogP contribution in [0, 0.1) is 11.7 Å². The molecule has 1 heterocycles. The number of halogens is 1. The Morgan fingerprint density at radius 3 is 2.79 bits per heavy atom. The van der Waals surface area contributed by atoms with Gasteiger partial charge in [-0.05, 0) is 44.2 Å². The van der Waals surface area contributed by atoms with Crippen molar-refractivity contribution >= 4 is 5.82 Å². The van der Waals surface area contributed by atoms with E-state index in [2.05, 4.69) is 22.1 Å². The Kier molecular flexibility index (Phi) is 3.69. The van der Waals surface area contributed by atoms with Gasteiger partial charge < -0.3 is 10.2 Å². The van der Waals surface area contributed by atoms with Crippen molar-refractivity contribution in [1.82, 2.24) is 10.3 Å². The number of hydrogen-bond donors (Lipinski definition) is 1. The summed E-state index contributed by atoms with van der Waals surface area (Å²) < 4.78 is 13.4. The first-order chi connectivity index (χ1) is 9.28. The molecule has 0 aliphatic heterocycles. The molecule has 2 fully saturated rings. The van der Waals surface area contributed by atoms with Gasteiger partial charge in [0.05, 0.1) is 6.20 Å². The maximum absolute atomic E-state index is 13.4. The first-order valence-corrected chi connectivity index (χ1v) is 7.39. The highest BCUT2D eigenvalue weighted by Gasteiger charge is 2.35. The molecule has 1 N–H and O–H groups in total. The van der Waals surface area contributed by atoms with Crippen LogP contribution in [0.1, 0.15) is 38.2 Å². The standard InChI is InChI=1S/C15H22FN3/c1-2-17-8-12-7-13(16)9-18-15(12)19(14-5-6-14)10-11-3-4-11/h7,9,11,14,17H,2-6,8,10H2,1H3. The van der Waals surface area contributed by atoms with Crippen LogP contribution in [0.2, 0.25) is 0 Å². The van der Waals surface area contributed by atoms with Crippen molar-refractivity contribution in [3.05, 3.63) is 23.6 Å². The molecule has 19 heavy (non-hydrogen) atoms. The fraction of sp³-hybridized carbons (Fsp3) is 0.667. The molecule has 0 unspecified atom stereocenters. The zero-order valence-electron chi connectivity index (χ0n) is 11.5. The number of hydrogen-bond acceptors (Lipinski definition) is 3. The molecule has 0 amide bonds. The topological polar surface area (TPSA) is 28.2 Å². The molecule has 0 saturated heterocycles. The quantitative estimate of drug-likeness (QED) is 0.820. The van der Waals surface area contributed by atoms with Crippen LogP contribution in [-0.2, 0) is 6.54 Å². The Balaban J connectivity index is 1.82. The molecular weight excluding hydrogens is 241 g/mol. The van der Waals surface area contributed by atoms with Crippen LogP contribution in [0.15, 0.2) is 12.3 Å². The van der Waals surface area contributed by atoms with Crippen LogP contribution in [0.3, 0.4) is 0 Å². The van der Waals surface area contributed by atoms with E-state index in [1.165, 1.54) is 31.9 Å². The summed E-state index contributed by atoms with van der Waals surface area (Å²) in [5.41, 5.74) is 0.995. The van der Waals surface area contributed by atoms with E-state index in [1.807, 2.05) is 0 Å². The van der Waals surface area contributed by atoms with Crippen molar-refractivity contribution in [2.45, 2.75) is 45.2 Å². The molecule has 1 aromatic rings. The molecule has 104 valence electrons. The maximum atomic E-state index is 13.4. The van der Waals surface area contributed by atoms with Gasteiger partial charge >= 0.3 is 0 Å². The van der Waals surface area contributed by atoms with E-state index >= 15 is 0 Å². The molecule has 4 heteroatoms. The summed E-state index contributed by atoms with van der Waals surface area (Å²) in [5, 5.41) is 3.28. The second-order valence-corrected chi connectivity index (χ2v) is 5.74. The summed E-state index contributed by atoms with van der Waals surface area (Å²) in [6, 6.07) is 2.27. The minimum Gasteiger partial charge on any atom is -0.353 e. The van der Waals surface area contributed by atoms with E-state index in [9.17, 15) is 4.39 Å². The lowest BCUT2D eigenvalue weighted by atomic mass is 10.2. The Hall–Kier alpha value is -1.16. The molecular formula is C15H22FN3. The highest BCUT2D eigenvalue weighted by atomic mass is 19.1. The molecule has 3 nitrogen and oxygen atoms in total. The van der Waals surface area contributed by atoms with Crippen molar-refractivity contribution in [2.75, 3.05) is 18.0 Å². The van der Waals surface area contributed by atoms with Gasteiger partial charge in [0.2, 0.25) is 0 Å². The first kappa shape index (κ1) is 12.9. The highest BCUT2D eigenvalue weighted by molar-refractivity contribution is 5.49. The van der Waals surface area contributed by atoms with Crippen molar-refractivity contribution < 1.29 is 4.39 Å². The van der Waals surface area contributed by atoms with Gasteiger partial charge in [0.25, 0.3) is 0 Å². The van der Waals surface area contributed by atoms with E-state index in [1.54, 1.807) is 6.07 Å². The summed E-state index contributed by atoms with van der Waals surface area (Å²) in [7, 11) is 0. The van der Waals surface area contributed by atoms with Crippen molar-refractivity contribution in [3.8, 4) is 0 Å². The van der Waals surface area contributed by atoms with E-state index in [0.717, 1.165) is 30.4 Å². The van der Waals surface area contributed by atoms with Crippen LogP contribution in [0.4, 0.5) is 10.2 Å². The monoisotopic (exact) mass is 263 g/mol. The lowest BCUT2D eigenvalue weighted by Crippen LogP contribution is -2.30. The summed E-state index contributed by atoms with van der Waals surface area (Å²) in [5.74, 6) is 1.59. The van der Waals surface area contributed by atoms with E-state index in [0.29, 0.717) is 12.6 Å². The molecule has 0 bridgehead atoms. The lowest BCUT2D eigenvalue weighted by molar-refractivity contribution is 0.609. The van der Waals surface area contributed by atoms with Gasteiger partial charge in [-0.25, -0.2) is 9.37 Å². The fourth-order valence-electron chi connectivity index (χ4n) is 2.50. The predicted octanol–water partition coefficient (Wildman–Crippen LogP) is 2.71. The number of nitrogens with one attached hydrogen (secondary N) is 1. The summed E-state index contributed by atoms with van der Waals surface area (Å²) >= 11 is 0. The molecule has 0 atom stereocenters. The van der Waals surface area contributed by atoms with Crippen LogP contribution in [0.25, 0.3) is 0 Å².